The lowest BCUT2D eigenvalue weighted by atomic mass is 10.1. The highest BCUT2D eigenvalue weighted by Gasteiger charge is 2.15. The van der Waals surface area contributed by atoms with Crippen LogP contribution in [0.2, 0.25) is 0 Å². The molecule has 6 nitrogen and oxygen atoms in total. The SMILES string of the molecule is [N-]=[N+]=NC(CC=O)C(O)CO. The van der Waals surface area contributed by atoms with Crippen molar-refractivity contribution in [2.75, 3.05) is 6.61 Å². The first-order valence-electron chi connectivity index (χ1n) is 3.03. The molecule has 11 heavy (non-hydrogen) atoms. The molecule has 2 atom stereocenters. The first kappa shape index (κ1) is 9.90. The summed E-state index contributed by atoms with van der Waals surface area (Å²) in [5.74, 6) is 0. The Morgan fingerprint density at radius 3 is 2.73 bits per heavy atom. The van der Waals surface area contributed by atoms with Gasteiger partial charge in [-0.15, -0.1) is 0 Å². The number of carbonyl (C=O) groups excluding carboxylic acids is 1. The molecule has 0 aromatic heterocycles. The molecule has 0 rings (SSSR count). The Morgan fingerprint density at radius 2 is 2.36 bits per heavy atom. The van der Waals surface area contributed by atoms with E-state index in [4.69, 9.17) is 15.7 Å². The van der Waals surface area contributed by atoms with Gasteiger partial charge in [-0.1, -0.05) is 5.11 Å². The molecule has 0 amide bonds. The summed E-state index contributed by atoms with van der Waals surface area (Å²) < 4.78 is 0. The van der Waals surface area contributed by atoms with Gasteiger partial charge in [0.25, 0.3) is 0 Å². The first-order chi connectivity index (χ1) is 5.26. The fourth-order valence-electron chi connectivity index (χ4n) is 0.568. The quantitative estimate of drug-likeness (QED) is 0.247. The molecule has 6 heteroatoms. The Labute approximate surface area is 63.1 Å². The van der Waals surface area contributed by atoms with Crippen molar-refractivity contribution in [2.24, 2.45) is 5.11 Å². The van der Waals surface area contributed by atoms with Gasteiger partial charge in [0.05, 0.1) is 18.8 Å². The second-order valence-corrected chi connectivity index (χ2v) is 1.92. The van der Waals surface area contributed by atoms with Gasteiger partial charge < -0.3 is 15.0 Å². The molecule has 0 radical (unpaired) electrons. The molecule has 0 saturated heterocycles. The summed E-state index contributed by atoms with van der Waals surface area (Å²) in [4.78, 5) is 12.4. The predicted molar refractivity (Wildman–Crippen MR) is 36.7 cm³/mol. The van der Waals surface area contributed by atoms with Crippen LogP contribution in [0.25, 0.3) is 10.4 Å². The number of hydrogen-bond donors (Lipinski definition) is 2. The van der Waals surface area contributed by atoms with Gasteiger partial charge in [0.1, 0.15) is 6.29 Å². The molecular formula is C5H9N3O3. The van der Waals surface area contributed by atoms with Gasteiger partial charge in [0.2, 0.25) is 0 Å². The number of aliphatic hydroxyl groups excluding tert-OH is 2. The third-order valence-electron chi connectivity index (χ3n) is 1.17. The third-order valence-corrected chi connectivity index (χ3v) is 1.17. The minimum atomic E-state index is -1.16. The van der Waals surface area contributed by atoms with Gasteiger partial charge in [-0.3, -0.25) is 0 Å². The highest BCUT2D eigenvalue weighted by Crippen LogP contribution is 2.02. The fraction of sp³-hybridized carbons (Fsp3) is 0.800. The topological polar surface area (TPSA) is 106 Å². The van der Waals surface area contributed by atoms with Crippen molar-refractivity contribution >= 4 is 6.29 Å². The van der Waals surface area contributed by atoms with Crippen LogP contribution >= 0.6 is 0 Å². The van der Waals surface area contributed by atoms with Crippen LogP contribution in [0.15, 0.2) is 5.11 Å². The maximum atomic E-state index is 9.93. The van der Waals surface area contributed by atoms with Gasteiger partial charge in [-0.05, 0) is 5.53 Å². The van der Waals surface area contributed by atoms with E-state index >= 15 is 0 Å². The molecule has 0 aliphatic carbocycles. The zero-order chi connectivity index (χ0) is 8.69. The van der Waals surface area contributed by atoms with Crippen LogP contribution in [-0.4, -0.2) is 35.3 Å². The van der Waals surface area contributed by atoms with Gasteiger partial charge in [-0.2, -0.15) is 0 Å². The maximum Gasteiger partial charge on any atom is 0.120 e. The van der Waals surface area contributed by atoms with E-state index in [0.717, 1.165) is 0 Å². The minimum absolute atomic E-state index is 0.0776. The highest BCUT2D eigenvalue weighted by atomic mass is 16.3. The van der Waals surface area contributed by atoms with Crippen LogP contribution < -0.4 is 0 Å². The Balaban J connectivity index is 4.06. The zero-order valence-corrected chi connectivity index (χ0v) is 5.79. The second kappa shape index (κ2) is 5.67. The van der Waals surface area contributed by atoms with Crippen LogP contribution in [0, 0.1) is 0 Å². The zero-order valence-electron chi connectivity index (χ0n) is 5.79. The Hall–Kier alpha value is -1.10. The highest BCUT2D eigenvalue weighted by molar-refractivity contribution is 5.50. The Morgan fingerprint density at radius 1 is 1.73 bits per heavy atom. The van der Waals surface area contributed by atoms with E-state index in [0.29, 0.717) is 6.29 Å². The van der Waals surface area contributed by atoms with Gasteiger partial charge in [-0.25, -0.2) is 0 Å². The summed E-state index contributed by atoms with van der Waals surface area (Å²) in [6, 6.07) is -0.859. The Bertz CT molecular complexity index is 166. The summed E-state index contributed by atoms with van der Waals surface area (Å²) in [7, 11) is 0. The van der Waals surface area contributed by atoms with Gasteiger partial charge >= 0.3 is 0 Å². The van der Waals surface area contributed by atoms with E-state index in [-0.39, 0.29) is 6.42 Å². The van der Waals surface area contributed by atoms with Crippen molar-refractivity contribution in [3.8, 4) is 0 Å². The molecule has 0 saturated carbocycles. The number of nitrogens with zero attached hydrogens (tertiary/aromatic N) is 3. The van der Waals surface area contributed by atoms with E-state index in [2.05, 4.69) is 10.0 Å². The van der Waals surface area contributed by atoms with Crippen LogP contribution in [0.5, 0.6) is 0 Å². The van der Waals surface area contributed by atoms with Crippen molar-refractivity contribution in [2.45, 2.75) is 18.6 Å². The lowest BCUT2D eigenvalue weighted by Gasteiger charge is -2.11. The van der Waals surface area contributed by atoms with Crippen molar-refractivity contribution in [3.05, 3.63) is 10.4 Å². The lowest BCUT2D eigenvalue weighted by molar-refractivity contribution is -0.108. The standard InChI is InChI=1S/C5H9N3O3/c6-8-7-4(1-2-9)5(11)3-10/h2,4-5,10-11H,1,3H2. The minimum Gasteiger partial charge on any atom is -0.394 e. The fourth-order valence-corrected chi connectivity index (χ4v) is 0.568. The van der Waals surface area contributed by atoms with Crippen LogP contribution in [-0.2, 0) is 4.79 Å². The van der Waals surface area contributed by atoms with Gasteiger partial charge in [0, 0.05) is 11.3 Å². The second-order valence-electron chi connectivity index (χ2n) is 1.92. The monoisotopic (exact) mass is 159 g/mol. The smallest absolute Gasteiger partial charge is 0.120 e. The molecule has 2 N–H and O–H groups in total. The van der Waals surface area contributed by atoms with Crippen molar-refractivity contribution < 1.29 is 15.0 Å². The summed E-state index contributed by atoms with van der Waals surface area (Å²) in [6.07, 6.45) is -0.708. The largest absolute Gasteiger partial charge is 0.394 e. The number of rotatable bonds is 5. The molecule has 0 spiro atoms. The molecule has 0 bridgehead atoms. The van der Waals surface area contributed by atoms with Crippen molar-refractivity contribution in [1.82, 2.24) is 0 Å². The number of azide groups is 1. The molecule has 62 valence electrons. The van der Waals surface area contributed by atoms with E-state index in [1.54, 1.807) is 0 Å². The average molecular weight is 159 g/mol. The average Bonchev–Trinajstić information content (AvgIpc) is 2.03. The summed E-state index contributed by atoms with van der Waals surface area (Å²) in [5.41, 5.74) is 7.96. The normalized spacial score (nSPS) is 14.7. The molecule has 0 aromatic rings. The number of aliphatic hydroxyl groups is 2. The molecule has 0 aromatic carbocycles. The predicted octanol–water partition coefficient (Wildman–Crippen LogP) is -0.392. The summed E-state index contributed by atoms with van der Waals surface area (Å²) in [6.45, 7) is -0.516. The summed E-state index contributed by atoms with van der Waals surface area (Å²) in [5, 5.41) is 20.4. The molecule has 2 unspecified atom stereocenters. The van der Waals surface area contributed by atoms with Crippen LogP contribution in [0.4, 0.5) is 0 Å². The van der Waals surface area contributed by atoms with E-state index in [1.165, 1.54) is 0 Å². The summed E-state index contributed by atoms with van der Waals surface area (Å²) >= 11 is 0. The lowest BCUT2D eigenvalue weighted by Crippen LogP contribution is -2.27. The molecule has 0 aliphatic heterocycles. The van der Waals surface area contributed by atoms with E-state index in [1.807, 2.05) is 0 Å². The van der Waals surface area contributed by atoms with Crippen molar-refractivity contribution in [1.29, 1.82) is 0 Å². The van der Waals surface area contributed by atoms with Crippen molar-refractivity contribution in [3.63, 3.8) is 0 Å². The third kappa shape index (κ3) is 3.57. The Kier molecular flexibility index (Phi) is 5.10. The molecule has 0 fully saturated rings. The molecule has 0 aliphatic rings. The van der Waals surface area contributed by atoms with Gasteiger partial charge in [0.15, 0.2) is 0 Å². The first-order valence-corrected chi connectivity index (χ1v) is 3.03. The number of carbonyl (C=O) groups is 1. The molecule has 0 heterocycles. The van der Waals surface area contributed by atoms with E-state index in [9.17, 15) is 4.79 Å². The number of hydrogen-bond acceptors (Lipinski definition) is 4. The maximum absolute atomic E-state index is 9.93. The number of aldehydes is 1. The van der Waals surface area contributed by atoms with Crippen LogP contribution in [0.3, 0.4) is 0 Å². The van der Waals surface area contributed by atoms with E-state index < -0.39 is 18.8 Å². The van der Waals surface area contributed by atoms with Crippen LogP contribution in [0.1, 0.15) is 6.42 Å². The molecular weight excluding hydrogens is 150 g/mol.